The highest BCUT2D eigenvalue weighted by Gasteiger charge is 2.15. The first kappa shape index (κ1) is 19.3. The van der Waals surface area contributed by atoms with Crippen LogP contribution in [0.3, 0.4) is 0 Å². The summed E-state index contributed by atoms with van der Waals surface area (Å²) >= 11 is 7.28. The quantitative estimate of drug-likeness (QED) is 0.441. The van der Waals surface area contributed by atoms with Crippen LogP contribution in [0.1, 0.15) is 28.8 Å². The van der Waals surface area contributed by atoms with Crippen LogP contribution in [0.15, 0.2) is 53.9 Å². The average Bonchev–Trinajstić information content (AvgIpc) is 3.27. The van der Waals surface area contributed by atoms with Gasteiger partial charge in [0.05, 0.1) is 5.69 Å². The standard InChI is InChI=1S/C21H17ClN4O2S/c1-13-2-4-14(5-3-13)17-12-29-21-24-20(25-26(17)21)23-19(28)11-10-18(27)15-6-8-16(22)9-7-15/h2-9,12H,10-11H2,1H3,(H,23,25,28). The zero-order chi connectivity index (χ0) is 20.4. The number of hydrogen-bond acceptors (Lipinski definition) is 5. The third-order valence-electron chi connectivity index (χ3n) is 4.43. The number of aryl methyl sites for hydroxylation is 1. The van der Waals surface area contributed by atoms with Gasteiger partial charge in [0, 0.05) is 34.4 Å². The lowest BCUT2D eigenvalue weighted by Crippen LogP contribution is -2.14. The van der Waals surface area contributed by atoms with Crippen molar-refractivity contribution in [3.05, 3.63) is 70.1 Å². The molecular weight excluding hydrogens is 408 g/mol. The number of carbonyl (C=O) groups excluding carboxylic acids is 2. The molecule has 2 aromatic heterocycles. The van der Waals surface area contributed by atoms with Gasteiger partial charge in [-0.25, -0.2) is 4.52 Å². The lowest BCUT2D eigenvalue weighted by Gasteiger charge is -2.02. The van der Waals surface area contributed by atoms with Crippen molar-refractivity contribution in [2.45, 2.75) is 19.8 Å². The Balaban J connectivity index is 1.41. The second kappa shape index (κ2) is 8.14. The molecule has 0 fully saturated rings. The molecule has 0 aliphatic heterocycles. The van der Waals surface area contributed by atoms with Gasteiger partial charge in [-0.3, -0.25) is 14.9 Å². The van der Waals surface area contributed by atoms with Gasteiger partial charge in [0.1, 0.15) is 0 Å². The Labute approximate surface area is 176 Å². The molecule has 1 amide bonds. The van der Waals surface area contributed by atoms with Crippen LogP contribution in [0.2, 0.25) is 5.02 Å². The summed E-state index contributed by atoms with van der Waals surface area (Å²) in [4.78, 5) is 29.4. The van der Waals surface area contributed by atoms with E-state index in [1.807, 2.05) is 36.6 Å². The molecule has 8 heteroatoms. The third kappa shape index (κ3) is 4.36. The van der Waals surface area contributed by atoms with Crippen LogP contribution in [-0.4, -0.2) is 26.3 Å². The van der Waals surface area contributed by atoms with Crippen molar-refractivity contribution in [1.82, 2.24) is 14.6 Å². The second-order valence-corrected chi connectivity index (χ2v) is 7.87. The minimum Gasteiger partial charge on any atom is -0.294 e. The lowest BCUT2D eigenvalue weighted by atomic mass is 10.1. The zero-order valence-corrected chi connectivity index (χ0v) is 17.1. The maximum absolute atomic E-state index is 12.2. The largest absolute Gasteiger partial charge is 0.294 e. The summed E-state index contributed by atoms with van der Waals surface area (Å²) in [5.41, 5.74) is 3.65. The number of nitrogens with one attached hydrogen (secondary N) is 1. The summed E-state index contributed by atoms with van der Waals surface area (Å²) in [7, 11) is 0. The number of thiazole rings is 1. The summed E-state index contributed by atoms with van der Waals surface area (Å²) < 4.78 is 1.71. The molecule has 0 unspecified atom stereocenters. The molecule has 29 heavy (non-hydrogen) atoms. The minimum absolute atomic E-state index is 0.0547. The molecule has 0 radical (unpaired) electrons. The van der Waals surface area contributed by atoms with E-state index in [4.69, 9.17) is 11.6 Å². The molecular formula is C21H17ClN4O2S. The van der Waals surface area contributed by atoms with Gasteiger partial charge in [-0.2, -0.15) is 4.98 Å². The Morgan fingerprint density at radius 1 is 1.07 bits per heavy atom. The molecule has 1 N–H and O–H groups in total. The van der Waals surface area contributed by atoms with Gasteiger partial charge in [-0.1, -0.05) is 41.4 Å². The first-order valence-corrected chi connectivity index (χ1v) is 10.3. The van der Waals surface area contributed by atoms with Gasteiger partial charge >= 0.3 is 0 Å². The summed E-state index contributed by atoms with van der Waals surface area (Å²) in [5, 5.41) is 9.61. The van der Waals surface area contributed by atoms with Crippen molar-refractivity contribution in [3.8, 4) is 11.3 Å². The van der Waals surface area contributed by atoms with Crippen molar-refractivity contribution in [3.63, 3.8) is 0 Å². The Hall–Kier alpha value is -3.03. The third-order valence-corrected chi connectivity index (χ3v) is 5.49. The number of rotatable bonds is 6. The molecule has 146 valence electrons. The van der Waals surface area contributed by atoms with Crippen LogP contribution in [0.5, 0.6) is 0 Å². The number of amides is 1. The molecule has 0 saturated carbocycles. The predicted molar refractivity (Wildman–Crippen MR) is 115 cm³/mol. The topological polar surface area (TPSA) is 76.4 Å². The number of anilines is 1. The first-order valence-electron chi connectivity index (χ1n) is 8.99. The number of ketones is 1. The van der Waals surface area contributed by atoms with Gasteiger partial charge in [0.15, 0.2) is 5.78 Å². The minimum atomic E-state index is -0.303. The molecule has 0 spiro atoms. The lowest BCUT2D eigenvalue weighted by molar-refractivity contribution is -0.116. The molecule has 0 bridgehead atoms. The van der Waals surface area contributed by atoms with E-state index in [0.717, 1.165) is 11.3 Å². The van der Waals surface area contributed by atoms with E-state index >= 15 is 0 Å². The fourth-order valence-electron chi connectivity index (χ4n) is 2.85. The number of carbonyl (C=O) groups is 2. The molecule has 4 aromatic rings. The number of halogens is 1. The van der Waals surface area contributed by atoms with E-state index in [1.165, 1.54) is 16.9 Å². The normalized spacial score (nSPS) is 11.0. The second-order valence-electron chi connectivity index (χ2n) is 6.60. The fraction of sp³-hybridized carbons (Fsp3) is 0.143. The van der Waals surface area contributed by atoms with E-state index in [0.29, 0.717) is 15.5 Å². The van der Waals surface area contributed by atoms with E-state index in [1.54, 1.807) is 28.8 Å². The van der Waals surface area contributed by atoms with Crippen LogP contribution in [0.4, 0.5) is 5.95 Å². The van der Waals surface area contributed by atoms with Crippen LogP contribution in [0, 0.1) is 6.92 Å². The number of fused-ring (bicyclic) bond motifs is 1. The van der Waals surface area contributed by atoms with Crippen molar-refractivity contribution >= 4 is 45.5 Å². The Kier molecular flexibility index (Phi) is 5.42. The summed E-state index contributed by atoms with van der Waals surface area (Å²) in [5.74, 6) is -0.186. The van der Waals surface area contributed by atoms with Crippen LogP contribution < -0.4 is 5.32 Å². The predicted octanol–water partition coefficient (Wildman–Crippen LogP) is 5.02. The summed E-state index contributed by atoms with van der Waals surface area (Å²) in [6.07, 6.45) is 0.156. The van der Waals surface area contributed by atoms with Crippen molar-refractivity contribution in [2.75, 3.05) is 5.32 Å². The smallest absolute Gasteiger partial charge is 0.250 e. The highest BCUT2D eigenvalue weighted by molar-refractivity contribution is 7.15. The van der Waals surface area contributed by atoms with Crippen molar-refractivity contribution in [1.29, 1.82) is 0 Å². The average molecular weight is 425 g/mol. The SMILES string of the molecule is Cc1ccc(-c2csc3nc(NC(=O)CCC(=O)c4ccc(Cl)cc4)nn23)cc1. The molecule has 2 heterocycles. The Morgan fingerprint density at radius 3 is 2.52 bits per heavy atom. The molecule has 0 aliphatic carbocycles. The van der Waals surface area contributed by atoms with Gasteiger partial charge in [-0.05, 0) is 31.2 Å². The van der Waals surface area contributed by atoms with Gasteiger partial charge in [0.2, 0.25) is 16.8 Å². The Bertz CT molecular complexity index is 1180. The number of nitrogens with zero attached hydrogens (tertiary/aromatic N) is 3. The van der Waals surface area contributed by atoms with Gasteiger partial charge in [0.25, 0.3) is 0 Å². The molecule has 0 aliphatic rings. The highest BCUT2D eigenvalue weighted by Crippen LogP contribution is 2.26. The van der Waals surface area contributed by atoms with Crippen LogP contribution >= 0.6 is 22.9 Å². The van der Waals surface area contributed by atoms with E-state index in [9.17, 15) is 9.59 Å². The van der Waals surface area contributed by atoms with Gasteiger partial charge in [-0.15, -0.1) is 16.4 Å². The van der Waals surface area contributed by atoms with Crippen LogP contribution in [0.25, 0.3) is 16.2 Å². The highest BCUT2D eigenvalue weighted by atomic mass is 35.5. The van der Waals surface area contributed by atoms with Gasteiger partial charge < -0.3 is 0 Å². The molecule has 6 nitrogen and oxygen atoms in total. The summed E-state index contributed by atoms with van der Waals surface area (Å²) in [6.45, 7) is 2.04. The first-order chi connectivity index (χ1) is 14.0. The number of benzene rings is 2. The summed E-state index contributed by atoms with van der Waals surface area (Å²) in [6, 6.07) is 14.7. The number of aromatic nitrogens is 3. The number of Topliss-reactive ketones (excluding diaryl/α,β-unsaturated/α-hetero) is 1. The molecule has 2 aromatic carbocycles. The fourth-order valence-corrected chi connectivity index (χ4v) is 3.81. The van der Waals surface area contributed by atoms with E-state index in [2.05, 4.69) is 15.4 Å². The molecule has 0 atom stereocenters. The molecule has 4 rings (SSSR count). The van der Waals surface area contributed by atoms with Crippen LogP contribution in [-0.2, 0) is 4.79 Å². The Morgan fingerprint density at radius 2 is 1.79 bits per heavy atom. The monoisotopic (exact) mass is 424 g/mol. The maximum atomic E-state index is 12.2. The number of hydrogen-bond donors (Lipinski definition) is 1. The van der Waals surface area contributed by atoms with Crippen molar-refractivity contribution in [2.24, 2.45) is 0 Å². The molecule has 0 saturated heterocycles. The zero-order valence-electron chi connectivity index (χ0n) is 15.6. The van der Waals surface area contributed by atoms with Crippen molar-refractivity contribution < 1.29 is 9.59 Å². The maximum Gasteiger partial charge on any atom is 0.250 e. The van der Waals surface area contributed by atoms with E-state index < -0.39 is 0 Å². The van der Waals surface area contributed by atoms with E-state index in [-0.39, 0.29) is 30.5 Å².